The number of likely N-dealkylation sites (tertiary alicyclic amines) is 1. The minimum Gasteiger partial charge on any atom is -0.444 e. The van der Waals surface area contributed by atoms with Crippen LogP contribution < -0.4 is 21.3 Å². The number of Topliss-reactive ketones (excluding diaryl/α,β-unsaturated/α-hetero) is 1. The third-order valence-electron chi connectivity index (χ3n) is 11.4. The molecule has 3 unspecified atom stereocenters. The van der Waals surface area contributed by atoms with Gasteiger partial charge in [-0.3, -0.25) is 28.8 Å². The minimum atomic E-state index is -1.15. The molecule has 296 valence electrons. The van der Waals surface area contributed by atoms with E-state index in [0.29, 0.717) is 12.0 Å². The van der Waals surface area contributed by atoms with Crippen LogP contribution in [0.5, 0.6) is 0 Å². The highest BCUT2D eigenvalue weighted by atomic mass is 16.6. The highest BCUT2D eigenvalue weighted by Gasteiger charge is 2.54. The number of alkyl carbamates (subject to hydrolysis) is 1. The van der Waals surface area contributed by atoms with Gasteiger partial charge in [0, 0.05) is 20.1 Å². The number of hydrogen-bond acceptors (Lipinski definition) is 8. The van der Waals surface area contributed by atoms with Crippen LogP contribution in [-0.2, 0) is 33.5 Å². The maximum Gasteiger partial charge on any atom is 0.408 e. The molecule has 1 aromatic carbocycles. The molecule has 1 aliphatic heterocycles. The zero-order valence-electron chi connectivity index (χ0n) is 32.4. The number of ether oxygens (including phenoxy) is 1. The number of nitrogens with zero attached hydrogens (tertiary/aromatic N) is 2. The molecule has 6 atom stereocenters. The first-order valence-electron chi connectivity index (χ1n) is 19.6. The van der Waals surface area contributed by atoms with Gasteiger partial charge in [0.25, 0.3) is 5.91 Å². The highest BCUT2D eigenvalue weighted by Crippen LogP contribution is 2.44. The van der Waals surface area contributed by atoms with Crippen molar-refractivity contribution in [1.82, 2.24) is 31.1 Å². The second-order valence-electron chi connectivity index (χ2n) is 16.7. The van der Waals surface area contributed by atoms with Crippen molar-refractivity contribution in [3.8, 4) is 0 Å². The molecule has 0 radical (unpaired) electrons. The number of hydrogen-bond donors (Lipinski definition) is 4. The van der Waals surface area contributed by atoms with Crippen LogP contribution in [0.3, 0.4) is 0 Å². The molecule has 2 bridgehead atoms. The topological polar surface area (TPSA) is 183 Å². The van der Waals surface area contributed by atoms with Gasteiger partial charge in [-0.15, -0.1) is 0 Å². The maximum atomic E-state index is 14.5. The van der Waals surface area contributed by atoms with Crippen molar-refractivity contribution < 1.29 is 38.3 Å². The molecule has 3 saturated carbocycles. The third kappa shape index (κ3) is 10.2. The van der Waals surface area contributed by atoms with Crippen molar-refractivity contribution >= 4 is 41.4 Å². The smallest absolute Gasteiger partial charge is 0.408 e. The number of carbonyl (C=O) groups excluding carboxylic acids is 7. The Morgan fingerprint density at radius 3 is 2.15 bits per heavy atom. The predicted molar refractivity (Wildman–Crippen MR) is 199 cm³/mol. The van der Waals surface area contributed by atoms with Gasteiger partial charge in [-0.25, -0.2) is 4.79 Å². The lowest BCUT2D eigenvalue weighted by Crippen LogP contribution is -2.61. The van der Waals surface area contributed by atoms with Gasteiger partial charge in [-0.05, 0) is 82.6 Å². The van der Waals surface area contributed by atoms with E-state index in [9.17, 15) is 33.6 Å². The number of carbonyl (C=O) groups is 7. The van der Waals surface area contributed by atoms with Crippen LogP contribution in [0.25, 0.3) is 0 Å². The molecular weight excluding hydrogens is 692 g/mol. The molecule has 4 N–H and O–H groups in total. The number of piperidine rings is 1. The summed E-state index contributed by atoms with van der Waals surface area (Å²) in [5.41, 5.74) is -0.193. The molecule has 5 rings (SSSR count). The molecule has 6 amide bonds. The molecule has 1 heterocycles. The molecule has 14 heteroatoms. The van der Waals surface area contributed by atoms with Crippen molar-refractivity contribution in [1.29, 1.82) is 0 Å². The highest BCUT2D eigenvalue weighted by molar-refractivity contribution is 6.38. The largest absolute Gasteiger partial charge is 0.444 e. The lowest BCUT2D eigenvalue weighted by atomic mass is 9.80. The normalized spacial score (nSPS) is 22.9. The molecule has 4 aliphatic rings. The third-order valence-corrected chi connectivity index (χ3v) is 11.4. The van der Waals surface area contributed by atoms with Crippen LogP contribution in [0.1, 0.15) is 109 Å². The number of amides is 6. The van der Waals surface area contributed by atoms with Gasteiger partial charge in [-0.1, -0.05) is 68.9 Å². The number of likely N-dealkylation sites (N-methyl/N-ethyl adjacent to an activating group) is 1. The Morgan fingerprint density at radius 2 is 1.54 bits per heavy atom. The van der Waals surface area contributed by atoms with E-state index in [4.69, 9.17) is 4.74 Å². The number of benzene rings is 1. The van der Waals surface area contributed by atoms with Crippen molar-refractivity contribution in [2.45, 2.75) is 134 Å². The lowest BCUT2D eigenvalue weighted by molar-refractivity contribution is -0.147. The zero-order valence-corrected chi connectivity index (χ0v) is 32.4. The van der Waals surface area contributed by atoms with E-state index in [1.165, 1.54) is 4.90 Å². The summed E-state index contributed by atoms with van der Waals surface area (Å²) in [7, 11) is 3.15. The van der Waals surface area contributed by atoms with E-state index in [1.807, 2.05) is 0 Å². The van der Waals surface area contributed by atoms with Crippen LogP contribution in [-0.4, -0.2) is 102 Å². The van der Waals surface area contributed by atoms with Crippen molar-refractivity contribution in [3.05, 3.63) is 35.9 Å². The summed E-state index contributed by atoms with van der Waals surface area (Å²) in [5, 5.41) is 10.8. The second-order valence-corrected chi connectivity index (χ2v) is 16.7. The summed E-state index contributed by atoms with van der Waals surface area (Å²) in [6, 6.07) is 4.68. The van der Waals surface area contributed by atoms with E-state index < -0.39 is 65.9 Å². The van der Waals surface area contributed by atoms with Gasteiger partial charge in [0.05, 0.1) is 12.6 Å². The summed E-state index contributed by atoms with van der Waals surface area (Å²) in [4.78, 5) is 97.5. The minimum absolute atomic E-state index is 0.0978. The summed E-state index contributed by atoms with van der Waals surface area (Å²) >= 11 is 0. The van der Waals surface area contributed by atoms with Crippen molar-refractivity contribution in [2.24, 2.45) is 17.8 Å². The Bertz CT molecular complexity index is 1550. The zero-order chi connectivity index (χ0) is 39.2. The first-order valence-corrected chi connectivity index (χ1v) is 19.6. The Kier molecular flexibility index (Phi) is 13.4. The standard InChI is InChI=1S/C40H58N6O8/c1-40(2,3)54-39(53)44-32(26-17-10-7-11-18-26)38(52)46-28-20-19-27(22-28)33(46)35(49)42-29(21-24-13-12-14-24)34(48)36(50)41-23-30(47)43-31(37(51)45(4)5)25-15-8-6-9-16-25/h6,8-9,15-16,24,26-29,31-33H,7,10-14,17-23H2,1-5H3,(H,41,50)(H,42,49)(H,43,47)(H,44,53)/t27?,28?,29?,31-,32+,33+/m1/s1. The number of rotatable bonds is 14. The van der Waals surface area contributed by atoms with Gasteiger partial charge >= 0.3 is 6.09 Å². The van der Waals surface area contributed by atoms with Gasteiger partial charge in [0.1, 0.15) is 23.7 Å². The first-order chi connectivity index (χ1) is 25.6. The molecule has 1 saturated heterocycles. The quantitative estimate of drug-likeness (QED) is 0.209. The van der Waals surface area contributed by atoms with Crippen LogP contribution in [0.4, 0.5) is 4.79 Å². The van der Waals surface area contributed by atoms with E-state index in [1.54, 1.807) is 70.1 Å². The van der Waals surface area contributed by atoms with Gasteiger partial charge in [-0.2, -0.15) is 0 Å². The molecule has 54 heavy (non-hydrogen) atoms. The Labute approximate surface area is 318 Å². The fraction of sp³-hybridized carbons (Fsp3) is 0.675. The molecule has 0 aromatic heterocycles. The summed E-state index contributed by atoms with van der Waals surface area (Å²) in [6.07, 6.45) is 8.92. The molecular formula is C40H58N6O8. The van der Waals surface area contributed by atoms with Crippen LogP contribution in [0.2, 0.25) is 0 Å². The maximum absolute atomic E-state index is 14.5. The fourth-order valence-electron chi connectivity index (χ4n) is 8.45. The van der Waals surface area contributed by atoms with E-state index in [0.717, 1.165) is 64.2 Å². The molecule has 14 nitrogen and oxygen atoms in total. The molecule has 0 spiro atoms. The average Bonchev–Trinajstić information content (AvgIpc) is 3.74. The van der Waals surface area contributed by atoms with Crippen LogP contribution >= 0.6 is 0 Å². The second kappa shape index (κ2) is 17.8. The van der Waals surface area contributed by atoms with E-state index >= 15 is 0 Å². The number of nitrogens with one attached hydrogen (secondary N) is 4. The fourth-order valence-corrected chi connectivity index (χ4v) is 8.45. The van der Waals surface area contributed by atoms with Crippen molar-refractivity contribution in [3.63, 3.8) is 0 Å². The summed E-state index contributed by atoms with van der Waals surface area (Å²) in [6.45, 7) is 4.72. The number of fused-ring (bicyclic) bond motifs is 2. The van der Waals surface area contributed by atoms with E-state index in [2.05, 4.69) is 21.3 Å². The number of ketones is 1. The lowest BCUT2D eigenvalue weighted by Gasteiger charge is -2.40. The predicted octanol–water partition coefficient (Wildman–Crippen LogP) is 3.15. The Hall–Kier alpha value is -4.49. The average molecular weight is 751 g/mol. The van der Waals surface area contributed by atoms with Crippen LogP contribution in [0, 0.1) is 17.8 Å². The first kappa shape index (κ1) is 40.7. The van der Waals surface area contributed by atoms with Gasteiger partial charge < -0.3 is 35.8 Å². The van der Waals surface area contributed by atoms with Gasteiger partial charge in [0.2, 0.25) is 29.4 Å². The van der Waals surface area contributed by atoms with Crippen molar-refractivity contribution in [2.75, 3.05) is 20.6 Å². The summed E-state index contributed by atoms with van der Waals surface area (Å²) in [5.74, 6) is -3.80. The monoisotopic (exact) mass is 750 g/mol. The molecule has 1 aromatic rings. The molecule has 4 fully saturated rings. The van der Waals surface area contributed by atoms with Gasteiger partial charge in [0.15, 0.2) is 0 Å². The molecule has 3 aliphatic carbocycles. The van der Waals surface area contributed by atoms with E-state index in [-0.39, 0.29) is 42.0 Å². The Morgan fingerprint density at radius 1 is 0.852 bits per heavy atom. The Balaban J connectivity index is 1.27. The van der Waals surface area contributed by atoms with Crippen LogP contribution in [0.15, 0.2) is 30.3 Å². The summed E-state index contributed by atoms with van der Waals surface area (Å²) < 4.78 is 5.54. The SMILES string of the molecule is CN(C)C(=O)[C@H](NC(=O)CNC(=O)C(=O)C(CC1CCC1)NC(=O)[C@@H]1C2CCC(C2)N1C(=O)[C@@H](NC(=O)OC(C)(C)C)C1CCCCC1)c1ccccc1.